The van der Waals surface area contributed by atoms with Crippen molar-refractivity contribution in [3.05, 3.63) is 48.2 Å². The third kappa shape index (κ3) is 4.45. The standard InChI is InChI=1S/C24H31N3O2/c1-18(28)26-15-12-20(13-16-26)27-14-6-7-19(17-27)22-9-5-10-23(25-22)21-8-3-4-11-24(21)29-2/h3-5,8-11,19-20H,6-7,12-17H2,1-2H3. The number of hydrogen-bond acceptors (Lipinski definition) is 4. The van der Waals surface area contributed by atoms with Crippen LogP contribution in [0.3, 0.4) is 0 Å². The Balaban J connectivity index is 1.47. The van der Waals surface area contributed by atoms with Crippen LogP contribution in [0, 0.1) is 0 Å². The molecule has 29 heavy (non-hydrogen) atoms. The lowest BCUT2D eigenvalue weighted by Crippen LogP contribution is -2.49. The van der Waals surface area contributed by atoms with Crippen molar-refractivity contribution in [2.75, 3.05) is 33.3 Å². The van der Waals surface area contributed by atoms with Gasteiger partial charge in [0.25, 0.3) is 0 Å². The van der Waals surface area contributed by atoms with Crippen LogP contribution in [0.15, 0.2) is 42.5 Å². The summed E-state index contributed by atoms with van der Waals surface area (Å²) in [5, 5.41) is 0. The molecule has 1 atom stereocenters. The number of likely N-dealkylation sites (tertiary alicyclic amines) is 2. The number of hydrogen-bond donors (Lipinski definition) is 0. The van der Waals surface area contributed by atoms with E-state index in [1.54, 1.807) is 14.0 Å². The molecular weight excluding hydrogens is 362 g/mol. The highest BCUT2D eigenvalue weighted by atomic mass is 16.5. The van der Waals surface area contributed by atoms with Gasteiger partial charge in [0.15, 0.2) is 0 Å². The Labute approximate surface area is 173 Å². The Bertz CT molecular complexity index is 846. The average molecular weight is 394 g/mol. The summed E-state index contributed by atoms with van der Waals surface area (Å²) in [6.45, 7) is 5.68. The van der Waals surface area contributed by atoms with Gasteiger partial charge in [0.05, 0.1) is 12.8 Å². The van der Waals surface area contributed by atoms with Gasteiger partial charge in [-0.15, -0.1) is 0 Å². The molecular formula is C24H31N3O2. The zero-order valence-corrected chi connectivity index (χ0v) is 17.5. The molecule has 0 aliphatic carbocycles. The Morgan fingerprint density at radius 2 is 1.83 bits per heavy atom. The molecule has 2 aliphatic heterocycles. The molecule has 0 bridgehead atoms. The van der Waals surface area contributed by atoms with Gasteiger partial charge < -0.3 is 9.64 Å². The van der Waals surface area contributed by atoms with Crippen LogP contribution in [0.25, 0.3) is 11.3 Å². The Kier molecular flexibility index (Phi) is 6.14. The van der Waals surface area contributed by atoms with Crippen molar-refractivity contribution in [3.63, 3.8) is 0 Å². The van der Waals surface area contributed by atoms with Gasteiger partial charge in [-0.3, -0.25) is 14.7 Å². The van der Waals surface area contributed by atoms with Gasteiger partial charge in [-0.25, -0.2) is 0 Å². The molecule has 2 saturated heterocycles. The molecule has 1 aromatic heterocycles. The fourth-order valence-corrected chi connectivity index (χ4v) is 4.81. The second-order valence-electron chi connectivity index (χ2n) is 8.22. The van der Waals surface area contributed by atoms with E-state index < -0.39 is 0 Å². The summed E-state index contributed by atoms with van der Waals surface area (Å²) in [5.74, 6) is 1.53. The topological polar surface area (TPSA) is 45.7 Å². The molecule has 154 valence electrons. The first kappa shape index (κ1) is 19.9. The molecule has 2 fully saturated rings. The summed E-state index contributed by atoms with van der Waals surface area (Å²) in [7, 11) is 1.71. The van der Waals surface area contributed by atoms with Crippen LogP contribution in [0.4, 0.5) is 0 Å². The minimum atomic E-state index is 0.206. The normalized spacial score (nSPS) is 21.2. The molecule has 1 amide bonds. The molecule has 1 unspecified atom stereocenters. The molecule has 5 heteroatoms. The molecule has 5 nitrogen and oxygen atoms in total. The van der Waals surface area contributed by atoms with Crippen molar-refractivity contribution in [2.24, 2.45) is 0 Å². The van der Waals surface area contributed by atoms with Crippen molar-refractivity contribution in [1.82, 2.24) is 14.8 Å². The predicted octanol–water partition coefficient (Wildman–Crippen LogP) is 3.95. The highest BCUT2D eigenvalue weighted by Crippen LogP contribution is 2.32. The first-order chi connectivity index (χ1) is 14.2. The number of amides is 1. The summed E-state index contributed by atoms with van der Waals surface area (Å²) < 4.78 is 5.53. The quantitative estimate of drug-likeness (QED) is 0.789. The lowest BCUT2D eigenvalue weighted by Gasteiger charge is -2.42. The van der Waals surface area contributed by atoms with Gasteiger partial charge in [0.1, 0.15) is 5.75 Å². The van der Waals surface area contributed by atoms with Crippen LogP contribution < -0.4 is 4.74 Å². The lowest BCUT2D eigenvalue weighted by atomic mass is 9.91. The molecule has 0 radical (unpaired) electrons. The number of nitrogens with zero attached hydrogens (tertiary/aromatic N) is 3. The first-order valence-electron chi connectivity index (χ1n) is 10.8. The van der Waals surface area contributed by atoms with Crippen LogP contribution in [0.2, 0.25) is 0 Å². The Hall–Kier alpha value is -2.40. The van der Waals surface area contributed by atoms with Gasteiger partial charge in [-0.1, -0.05) is 18.2 Å². The van der Waals surface area contributed by atoms with Crippen LogP contribution in [0.5, 0.6) is 5.75 Å². The number of carbonyl (C=O) groups is 1. The van der Waals surface area contributed by atoms with E-state index in [1.165, 1.54) is 18.5 Å². The van der Waals surface area contributed by atoms with E-state index in [2.05, 4.69) is 29.2 Å². The minimum Gasteiger partial charge on any atom is -0.496 e. The third-order valence-corrected chi connectivity index (χ3v) is 6.45. The van der Waals surface area contributed by atoms with E-state index in [0.29, 0.717) is 12.0 Å². The van der Waals surface area contributed by atoms with Gasteiger partial charge in [-0.05, 0) is 56.5 Å². The third-order valence-electron chi connectivity index (χ3n) is 6.45. The largest absolute Gasteiger partial charge is 0.496 e. The molecule has 0 saturated carbocycles. The van der Waals surface area contributed by atoms with Crippen molar-refractivity contribution in [3.8, 4) is 17.0 Å². The van der Waals surface area contributed by atoms with Crippen molar-refractivity contribution in [1.29, 1.82) is 0 Å². The van der Waals surface area contributed by atoms with Crippen molar-refractivity contribution in [2.45, 2.75) is 44.6 Å². The number of rotatable bonds is 4. The molecule has 4 rings (SSSR count). The van der Waals surface area contributed by atoms with Crippen LogP contribution in [-0.2, 0) is 4.79 Å². The Morgan fingerprint density at radius 1 is 1.03 bits per heavy atom. The number of carbonyl (C=O) groups excluding carboxylic acids is 1. The second-order valence-corrected chi connectivity index (χ2v) is 8.22. The number of methoxy groups -OCH3 is 1. The van der Waals surface area contributed by atoms with Crippen molar-refractivity contribution >= 4 is 5.91 Å². The number of ether oxygens (including phenoxy) is 1. The maximum atomic E-state index is 11.6. The average Bonchev–Trinajstić information content (AvgIpc) is 2.79. The highest BCUT2D eigenvalue weighted by Gasteiger charge is 2.30. The number of piperidine rings is 2. The zero-order valence-electron chi connectivity index (χ0n) is 17.5. The van der Waals surface area contributed by atoms with E-state index in [1.807, 2.05) is 23.1 Å². The number of pyridine rings is 1. The second kappa shape index (κ2) is 8.95. The van der Waals surface area contributed by atoms with E-state index in [9.17, 15) is 4.79 Å². The number of benzene rings is 1. The molecule has 2 aromatic rings. The minimum absolute atomic E-state index is 0.206. The van der Waals surface area contributed by atoms with E-state index in [0.717, 1.165) is 56.0 Å². The zero-order chi connectivity index (χ0) is 20.2. The summed E-state index contributed by atoms with van der Waals surface area (Å²) >= 11 is 0. The SMILES string of the molecule is COc1ccccc1-c1cccc(C2CCCN(C3CCN(C(C)=O)CC3)C2)n1. The lowest BCUT2D eigenvalue weighted by molar-refractivity contribution is -0.130. The van der Waals surface area contributed by atoms with Crippen LogP contribution >= 0.6 is 0 Å². The van der Waals surface area contributed by atoms with Gasteiger partial charge in [-0.2, -0.15) is 0 Å². The van der Waals surface area contributed by atoms with Gasteiger partial charge in [0, 0.05) is 49.8 Å². The molecule has 0 spiro atoms. The number of aromatic nitrogens is 1. The number of para-hydroxylation sites is 1. The molecule has 0 N–H and O–H groups in total. The highest BCUT2D eigenvalue weighted by molar-refractivity contribution is 5.73. The van der Waals surface area contributed by atoms with Crippen LogP contribution in [0.1, 0.15) is 44.2 Å². The molecule has 2 aliphatic rings. The van der Waals surface area contributed by atoms with E-state index >= 15 is 0 Å². The van der Waals surface area contributed by atoms with E-state index in [-0.39, 0.29) is 5.91 Å². The van der Waals surface area contributed by atoms with Crippen molar-refractivity contribution < 1.29 is 9.53 Å². The predicted molar refractivity (Wildman–Crippen MR) is 115 cm³/mol. The summed E-state index contributed by atoms with van der Waals surface area (Å²) in [6.07, 6.45) is 4.56. The maximum Gasteiger partial charge on any atom is 0.219 e. The fourth-order valence-electron chi connectivity index (χ4n) is 4.81. The van der Waals surface area contributed by atoms with E-state index in [4.69, 9.17) is 9.72 Å². The monoisotopic (exact) mass is 393 g/mol. The smallest absolute Gasteiger partial charge is 0.219 e. The fraction of sp³-hybridized carbons (Fsp3) is 0.500. The Morgan fingerprint density at radius 3 is 2.59 bits per heavy atom. The van der Waals surface area contributed by atoms with Crippen LogP contribution in [-0.4, -0.2) is 60.0 Å². The molecule has 1 aromatic carbocycles. The van der Waals surface area contributed by atoms with Gasteiger partial charge >= 0.3 is 0 Å². The molecule has 3 heterocycles. The summed E-state index contributed by atoms with van der Waals surface area (Å²) in [5.41, 5.74) is 3.20. The summed E-state index contributed by atoms with van der Waals surface area (Å²) in [4.78, 5) is 21.3. The maximum absolute atomic E-state index is 11.6. The van der Waals surface area contributed by atoms with Gasteiger partial charge in [0.2, 0.25) is 5.91 Å². The first-order valence-corrected chi connectivity index (χ1v) is 10.8. The summed E-state index contributed by atoms with van der Waals surface area (Å²) in [6, 6.07) is 15.0.